The van der Waals surface area contributed by atoms with Gasteiger partial charge in [-0.15, -0.1) is 0 Å². The van der Waals surface area contributed by atoms with Gasteiger partial charge in [0, 0.05) is 28.6 Å². The van der Waals surface area contributed by atoms with Crippen molar-refractivity contribution in [1.29, 1.82) is 0 Å². The van der Waals surface area contributed by atoms with Gasteiger partial charge < -0.3 is 24.4 Å². The van der Waals surface area contributed by atoms with Gasteiger partial charge in [0.25, 0.3) is 5.56 Å². The van der Waals surface area contributed by atoms with E-state index in [9.17, 15) is 24.6 Å². The summed E-state index contributed by atoms with van der Waals surface area (Å²) in [6.07, 6.45) is 1.12. The van der Waals surface area contributed by atoms with Crippen LogP contribution in [0.5, 0.6) is 17.2 Å². The van der Waals surface area contributed by atoms with Crippen LogP contribution in [0, 0.1) is 6.92 Å². The molecule has 6 rings (SSSR count). The van der Waals surface area contributed by atoms with Crippen LogP contribution in [0.2, 0.25) is 0 Å². The van der Waals surface area contributed by atoms with Gasteiger partial charge in [-0.2, -0.15) is 0 Å². The second-order valence-electron chi connectivity index (χ2n) is 8.91. The third kappa shape index (κ3) is 3.34. The number of hydrogen-bond donors (Lipinski definition) is 3. The van der Waals surface area contributed by atoms with Gasteiger partial charge in [0.2, 0.25) is 5.43 Å². The maximum absolute atomic E-state index is 13.4. The Labute approximate surface area is 203 Å². The molecule has 3 heterocycles. The third-order valence-corrected chi connectivity index (χ3v) is 6.55. The molecule has 1 atom stereocenters. The number of aryl methyl sites for hydroxylation is 1. The van der Waals surface area contributed by atoms with Crippen molar-refractivity contribution in [3.05, 3.63) is 98.1 Å². The summed E-state index contributed by atoms with van der Waals surface area (Å²) in [4.78, 5) is 41.9. The zero-order chi connectivity index (χ0) is 25.1. The lowest BCUT2D eigenvalue weighted by molar-refractivity contribution is -0.135. The molecule has 1 aliphatic rings. The first kappa shape index (κ1) is 21.7. The molecule has 0 bridgehead atoms. The summed E-state index contributed by atoms with van der Waals surface area (Å²) in [6, 6.07) is 14.6. The van der Waals surface area contributed by atoms with Crippen LogP contribution < -0.4 is 15.7 Å². The van der Waals surface area contributed by atoms with E-state index >= 15 is 0 Å². The third-order valence-electron chi connectivity index (χ3n) is 6.55. The average molecular weight is 481 g/mol. The van der Waals surface area contributed by atoms with Crippen LogP contribution in [0.15, 0.2) is 74.9 Å². The smallest absolute Gasteiger partial charge is 0.312 e. The predicted octanol–water partition coefficient (Wildman–Crippen LogP) is 4.46. The number of pyridine rings is 1. The summed E-state index contributed by atoms with van der Waals surface area (Å²) in [6.45, 7) is 1.92. The molecule has 0 amide bonds. The van der Waals surface area contributed by atoms with E-state index in [1.54, 1.807) is 18.2 Å². The Kier molecular flexibility index (Phi) is 4.72. The molecule has 2 aromatic heterocycles. The van der Waals surface area contributed by atoms with Crippen LogP contribution in [0.1, 0.15) is 29.0 Å². The van der Waals surface area contributed by atoms with E-state index in [4.69, 9.17) is 9.15 Å². The summed E-state index contributed by atoms with van der Waals surface area (Å²) in [5.41, 5.74) is 2.16. The van der Waals surface area contributed by atoms with Gasteiger partial charge in [0.05, 0.1) is 12.0 Å². The van der Waals surface area contributed by atoms with Crippen molar-refractivity contribution in [2.45, 2.75) is 19.3 Å². The quantitative estimate of drug-likeness (QED) is 0.251. The lowest BCUT2D eigenvalue weighted by atomic mass is 9.85. The first-order chi connectivity index (χ1) is 17.3. The summed E-state index contributed by atoms with van der Waals surface area (Å²) >= 11 is 0. The van der Waals surface area contributed by atoms with E-state index < -0.39 is 23.1 Å². The van der Waals surface area contributed by atoms with Crippen LogP contribution in [0.3, 0.4) is 0 Å². The van der Waals surface area contributed by atoms with Crippen LogP contribution in [-0.2, 0) is 4.79 Å². The molecule has 5 aromatic rings. The second kappa shape index (κ2) is 7.84. The first-order valence-corrected chi connectivity index (χ1v) is 11.2. The predicted molar refractivity (Wildman–Crippen MR) is 133 cm³/mol. The average Bonchev–Trinajstić information content (AvgIpc) is 2.83. The van der Waals surface area contributed by atoms with Crippen molar-refractivity contribution >= 4 is 27.8 Å². The molecule has 1 unspecified atom stereocenters. The highest BCUT2D eigenvalue weighted by molar-refractivity contribution is 5.94. The van der Waals surface area contributed by atoms with E-state index in [-0.39, 0.29) is 40.0 Å². The van der Waals surface area contributed by atoms with E-state index in [1.807, 2.05) is 25.1 Å². The topological polar surface area (TPSA) is 130 Å². The maximum atomic E-state index is 13.4. The van der Waals surface area contributed by atoms with Crippen molar-refractivity contribution in [2.24, 2.45) is 0 Å². The molecule has 0 radical (unpaired) electrons. The number of esters is 1. The van der Waals surface area contributed by atoms with Crippen LogP contribution >= 0.6 is 0 Å². The molecule has 3 N–H and O–H groups in total. The number of aromatic hydroxyl groups is 2. The van der Waals surface area contributed by atoms with E-state index in [1.165, 1.54) is 24.5 Å². The number of fused-ring (bicyclic) bond motifs is 4. The summed E-state index contributed by atoms with van der Waals surface area (Å²) in [5, 5.41) is 21.0. The standard InChI is InChI=1S/C28H19NO7/c1-13-2-3-15-9-18(28(34)29-20(15)8-13)17-10-23(32)36-22-11-21(31)25-26(33)19(12-35-27(25)24(17)22)14-4-6-16(30)7-5-14/h2-9,11-12,17,30-31H,10H2,1H3,(H,29,34). The molecule has 3 aromatic carbocycles. The van der Waals surface area contributed by atoms with Gasteiger partial charge >= 0.3 is 5.97 Å². The van der Waals surface area contributed by atoms with Gasteiger partial charge in [0.15, 0.2) is 0 Å². The zero-order valence-electron chi connectivity index (χ0n) is 19.0. The fraction of sp³-hybridized carbons (Fsp3) is 0.107. The number of nitrogens with one attached hydrogen (secondary N) is 1. The van der Waals surface area contributed by atoms with Crippen LogP contribution in [0.4, 0.5) is 0 Å². The molecule has 8 heteroatoms. The number of carbonyl (C=O) groups is 1. The van der Waals surface area contributed by atoms with Gasteiger partial charge in [-0.25, -0.2) is 0 Å². The molecular formula is C28H19NO7. The highest BCUT2D eigenvalue weighted by Crippen LogP contribution is 2.45. The fourth-order valence-electron chi connectivity index (χ4n) is 4.83. The van der Waals surface area contributed by atoms with Crippen LogP contribution in [-0.4, -0.2) is 21.2 Å². The largest absolute Gasteiger partial charge is 0.508 e. The minimum absolute atomic E-state index is 0.0326. The molecule has 0 saturated carbocycles. The van der Waals surface area contributed by atoms with Crippen molar-refractivity contribution in [3.63, 3.8) is 0 Å². The zero-order valence-corrected chi connectivity index (χ0v) is 19.0. The highest BCUT2D eigenvalue weighted by Gasteiger charge is 2.35. The van der Waals surface area contributed by atoms with Gasteiger partial charge in [-0.05, 0) is 47.7 Å². The molecular weight excluding hydrogens is 462 g/mol. The number of aromatic amines is 1. The number of benzene rings is 3. The number of hydrogen-bond acceptors (Lipinski definition) is 7. The number of carbonyl (C=O) groups excluding carboxylic acids is 1. The normalized spacial score (nSPS) is 15.1. The molecule has 36 heavy (non-hydrogen) atoms. The summed E-state index contributed by atoms with van der Waals surface area (Å²) in [7, 11) is 0. The fourth-order valence-corrected chi connectivity index (χ4v) is 4.83. The summed E-state index contributed by atoms with van der Waals surface area (Å²) < 4.78 is 11.3. The van der Waals surface area contributed by atoms with Crippen molar-refractivity contribution in [3.8, 4) is 28.4 Å². The number of phenolic OH excluding ortho intramolecular Hbond substituents is 2. The number of ether oxygens (including phenoxy) is 1. The van der Waals surface area contributed by atoms with E-state index in [2.05, 4.69) is 4.98 Å². The van der Waals surface area contributed by atoms with E-state index in [0.717, 1.165) is 10.9 Å². The van der Waals surface area contributed by atoms with Gasteiger partial charge in [-0.3, -0.25) is 14.4 Å². The minimum Gasteiger partial charge on any atom is -0.508 e. The Morgan fingerprint density at radius 3 is 2.53 bits per heavy atom. The van der Waals surface area contributed by atoms with Crippen molar-refractivity contribution in [1.82, 2.24) is 4.98 Å². The lowest BCUT2D eigenvalue weighted by Crippen LogP contribution is -2.26. The molecule has 0 saturated heterocycles. The molecule has 0 spiro atoms. The van der Waals surface area contributed by atoms with Crippen LogP contribution in [0.25, 0.3) is 33.0 Å². The molecule has 178 valence electrons. The van der Waals surface area contributed by atoms with E-state index in [0.29, 0.717) is 22.2 Å². The molecule has 8 nitrogen and oxygen atoms in total. The summed E-state index contributed by atoms with van der Waals surface area (Å²) in [5.74, 6) is -1.67. The highest BCUT2D eigenvalue weighted by atomic mass is 16.5. The number of phenols is 2. The van der Waals surface area contributed by atoms with Gasteiger partial charge in [-0.1, -0.05) is 24.3 Å². The number of aromatic nitrogens is 1. The SMILES string of the molecule is Cc1ccc2cc(C3CC(=O)Oc4cc(O)c5c(=O)c(-c6ccc(O)cc6)coc5c43)c(=O)[nH]c2c1. The lowest BCUT2D eigenvalue weighted by Gasteiger charge is -2.25. The van der Waals surface area contributed by atoms with Crippen molar-refractivity contribution in [2.75, 3.05) is 0 Å². The molecule has 0 aliphatic carbocycles. The minimum atomic E-state index is -0.763. The monoisotopic (exact) mass is 481 g/mol. The Balaban J connectivity index is 1.61. The second-order valence-corrected chi connectivity index (χ2v) is 8.91. The maximum Gasteiger partial charge on any atom is 0.312 e. The molecule has 1 aliphatic heterocycles. The number of rotatable bonds is 2. The Morgan fingerprint density at radius 2 is 1.75 bits per heavy atom. The first-order valence-electron chi connectivity index (χ1n) is 11.2. The van der Waals surface area contributed by atoms with Crippen molar-refractivity contribution < 1.29 is 24.2 Å². The van der Waals surface area contributed by atoms with Gasteiger partial charge in [0.1, 0.15) is 34.5 Å². The Bertz CT molecular complexity index is 1830. The number of H-pyrrole nitrogens is 1. The Morgan fingerprint density at radius 1 is 0.972 bits per heavy atom. The Hall–Kier alpha value is -4.85. The molecule has 0 fully saturated rings.